The number of esters is 1. The van der Waals surface area contributed by atoms with Gasteiger partial charge in [-0.05, 0) is 37.3 Å². The van der Waals surface area contributed by atoms with Gasteiger partial charge in [0.1, 0.15) is 5.82 Å². The molecule has 0 saturated heterocycles. The molecule has 1 aliphatic carbocycles. The first-order chi connectivity index (χ1) is 10.7. The van der Waals surface area contributed by atoms with E-state index in [9.17, 15) is 14.0 Å². The molecule has 0 fully saturated rings. The second kappa shape index (κ2) is 8.32. The molecule has 0 radical (unpaired) electrons. The number of ether oxygens (including phenoxy) is 1. The van der Waals surface area contributed by atoms with Crippen LogP contribution in [-0.4, -0.2) is 25.0 Å². The molecule has 118 valence electrons. The molecule has 0 heterocycles. The fourth-order valence-electron chi connectivity index (χ4n) is 2.35. The average molecular weight is 305 g/mol. The lowest BCUT2D eigenvalue weighted by molar-refractivity contribution is -0.152. The van der Waals surface area contributed by atoms with Crippen LogP contribution < -0.4 is 5.32 Å². The van der Waals surface area contributed by atoms with Crippen molar-refractivity contribution >= 4 is 11.9 Å². The summed E-state index contributed by atoms with van der Waals surface area (Å²) in [6.45, 7) is 0.0276. The van der Waals surface area contributed by atoms with Crippen molar-refractivity contribution < 1.29 is 18.7 Å². The standard InChI is InChI=1S/C17H20FNO3/c18-15-9-5-4-6-13(15)10-11-19-16(20)12-22-17(21)14-7-2-1-3-8-14/h1-2,4-6,9,14H,3,7-8,10-12H2,(H,19,20)/t14-/m0/s1. The van der Waals surface area contributed by atoms with Gasteiger partial charge in [-0.15, -0.1) is 0 Å². The Labute approximate surface area is 129 Å². The Morgan fingerprint density at radius 1 is 1.27 bits per heavy atom. The quantitative estimate of drug-likeness (QED) is 0.648. The minimum absolute atomic E-state index is 0.142. The minimum atomic E-state index is -0.365. The monoisotopic (exact) mass is 305 g/mol. The fraction of sp³-hybridized carbons (Fsp3) is 0.412. The molecule has 1 N–H and O–H groups in total. The highest BCUT2D eigenvalue weighted by Crippen LogP contribution is 2.19. The maximum Gasteiger partial charge on any atom is 0.309 e. The zero-order chi connectivity index (χ0) is 15.8. The van der Waals surface area contributed by atoms with Crippen LogP contribution in [0.4, 0.5) is 4.39 Å². The lowest BCUT2D eigenvalue weighted by atomic mass is 9.95. The summed E-state index contributed by atoms with van der Waals surface area (Å²) in [7, 11) is 0. The Kier molecular flexibility index (Phi) is 6.13. The molecule has 0 aliphatic heterocycles. The van der Waals surface area contributed by atoms with Crippen LogP contribution in [0.1, 0.15) is 24.8 Å². The Morgan fingerprint density at radius 2 is 2.09 bits per heavy atom. The molecule has 22 heavy (non-hydrogen) atoms. The molecule has 0 aromatic heterocycles. The van der Waals surface area contributed by atoms with Gasteiger partial charge in [0.25, 0.3) is 5.91 Å². The maximum atomic E-state index is 13.4. The zero-order valence-corrected chi connectivity index (χ0v) is 12.4. The third kappa shape index (κ3) is 4.98. The maximum absolute atomic E-state index is 13.4. The SMILES string of the molecule is O=C(COC(=O)[C@H]1CC=CCC1)NCCc1ccccc1F. The lowest BCUT2D eigenvalue weighted by Crippen LogP contribution is -2.32. The average Bonchev–Trinajstić information content (AvgIpc) is 2.55. The van der Waals surface area contributed by atoms with Gasteiger partial charge in [0.2, 0.25) is 0 Å². The van der Waals surface area contributed by atoms with E-state index in [2.05, 4.69) is 5.32 Å². The van der Waals surface area contributed by atoms with Crippen LogP contribution in [0, 0.1) is 11.7 Å². The first-order valence-electron chi connectivity index (χ1n) is 7.48. The molecule has 0 spiro atoms. The highest BCUT2D eigenvalue weighted by atomic mass is 19.1. The number of amides is 1. The number of rotatable bonds is 6. The Bertz CT molecular complexity index is 557. The van der Waals surface area contributed by atoms with E-state index in [0.717, 1.165) is 12.8 Å². The molecule has 1 atom stereocenters. The van der Waals surface area contributed by atoms with Gasteiger partial charge in [0, 0.05) is 6.54 Å². The second-order valence-corrected chi connectivity index (χ2v) is 5.28. The van der Waals surface area contributed by atoms with Gasteiger partial charge in [0.15, 0.2) is 6.61 Å². The smallest absolute Gasteiger partial charge is 0.309 e. The topological polar surface area (TPSA) is 55.4 Å². The first-order valence-corrected chi connectivity index (χ1v) is 7.48. The number of carbonyl (C=O) groups excluding carboxylic acids is 2. The summed E-state index contributed by atoms with van der Waals surface area (Å²) in [4.78, 5) is 23.4. The summed E-state index contributed by atoms with van der Waals surface area (Å²) in [5, 5.41) is 2.62. The number of halogens is 1. The Balaban J connectivity index is 1.64. The molecule has 1 aromatic rings. The van der Waals surface area contributed by atoms with Gasteiger partial charge in [-0.3, -0.25) is 9.59 Å². The molecular weight excluding hydrogens is 285 g/mol. The van der Waals surface area contributed by atoms with E-state index >= 15 is 0 Å². The number of hydrogen-bond acceptors (Lipinski definition) is 3. The zero-order valence-electron chi connectivity index (χ0n) is 12.4. The van der Waals surface area contributed by atoms with Crippen molar-refractivity contribution in [3.8, 4) is 0 Å². The van der Waals surface area contributed by atoms with Crippen LogP contribution in [0.25, 0.3) is 0 Å². The van der Waals surface area contributed by atoms with E-state index in [-0.39, 0.29) is 30.2 Å². The number of hydrogen-bond donors (Lipinski definition) is 1. The minimum Gasteiger partial charge on any atom is -0.455 e. The fourth-order valence-corrected chi connectivity index (χ4v) is 2.35. The molecule has 4 nitrogen and oxygen atoms in total. The van der Waals surface area contributed by atoms with Gasteiger partial charge < -0.3 is 10.1 Å². The predicted octanol–water partition coefficient (Wildman–Crippen LogP) is 2.38. The van der Waals surface area contributed by atoms with Crippen molar-refractivity contribution in [1.29, 1.82) is 0 Å². The number of benzene rings is 1. The van der Waals surface area contributed by atoms with Crippen molar-refractivity contribution in [3.63, 3.8) is 0 Å². The molecule has 5 heteroatoms. The third-order valence-electron chi connectivity index (χ3n) is 3.62. The van der Waals surface area contributed by atoms with E-state index in [1.807, 2.05) is 12.2 Å². The molecular formula is C17H20FNO3. The van der Waals surface area contributed by atoms with Crippen LogP contribution in [0.3, 0.4) is 0 Å². The van der Waals surface area contributed by atoms with Gasteiger partial charge >= 0.3 is 5.97 Å². The van der Waals surface area contributed by atoms with Crippen molar-refractivity contribution in [2.75, 3.05) is 13.2 Å². The van der Waals surface area contributed by atoms with Gasteiger partial charge in [-0.25, -0.2) is 4.39 Å². The molecule has 2 rings (SSSR count). The van der Waals surface area contributed by atoms with Gasteiger partial charge in [0.05, 0.1) is 5.92 Å². The van der Waals surface area contributed by atoms with E-state index in [1.165, 1.54) is 6.07 Å². The molecule has 0 unspecified atom stereocenters. The molecule has 1 amide bonds. The van der Waals surface area contributed by atoms with E-state index in [0.29, 0.717) is 24.9 Å². The van der Waals surface area contributed by atoms with Gasteiger partial charge in [-0.2, -0.15) is 0 Å². The van der Waals surface area contributed by atoms with Crippen molar-refractivity contribution in [1.82, 2.24) is 5.32 Å². The first kappa shape index (κ1) is 16.2. The van der Waals surface area contributed by atoms with Crippen molar-refractivity contribution in [2.24, 2.45) is 5.92 Å². The van der Waals surface area contributed by atoms with Crippen LogP contribution in [0.5, 0.6) is 0 Å². The number of nitrogens with one attached hydrogen (secondary N) is 1. The van der Waals surface area contributed by atoms with Crippen LogP contribution in [0.15, 0.2) is 36.4 Å². The number of carbonyl (C=O) groups is 2. The molecule has 1 aromatic carbocycles. The summed E-state index contributed by atoms with van der Waals surface area (Å²) in [6.07, 6.45) is 6.72. The van der Waals surface area contributed by atoms with E-state index in [4.69, 9.17) is 4.74 Å². The third-order valence-corrected chi connectivity index (χ3v) is 3.62. The Hall–Kier alpha value is -2.17. The van der Waals surface area contributed by atoms with Crippen LogP contribution in [-0.2, 0) is 20.7 Å². The van der Waals surface area contributed by atoms with Crippen LogP contribution >= 0.6 is 0 Å². The van der Waals surface area contributed by atoms with Gasteiger partial charge in [-0.1, -0.05) is 30.4 Å². The van der Waals surface area contributed by atoms with E-state index < -0.39 is 0 Å². The largest absolute Gasteiger partial charge is 0.455 e. The van der Waals surface area contributed by atoms with Crippen LogP contribution in [0.2, 0.25) is 0 Å². The summed E-state index contributed by atoms with van der Waals surface area (Å²) in [5.41, 5.74) is 0.550. The normalized spacial score (nSPS) is 17.0. The highest BCUT2D eigenvalue weighted by Gasteiger charge is 2.20. The lowest BCUT2D eigenvalue weighted by Gasteiger charge is -2.16. The molecule has 0 saturated carbocycles. The van der Waals surface area contributed by atoms with Crippen molar-refractivity contribution in [2.45, 2.75) is 25.7 Å². The molecule has 0 bridgehead atoms. The second-order valence-electron chi connectivity index (χ2n) is 5.28. The summed E-state index contributed by atoms with van der Waals surface area (Å²) >= 11 is 0. The highest BCUT2D eigenvalue weighted by molar-refractivity contribution is 5.81. The Morgan fingerprint density at radius 3 is 2.82 bits per heavy atom. The van der Waals surface area contributed by atoms with E-state index in [1.54, 1.807) is 18.2 Å². The summed E-state index contributed by atoms with van der Waals surface area (Å²) in [5.74, 6) is -1.12. The molecule has 1 aliphatic rings. The van der Waals surface area contributed by atoms with Crippen molar-refractivity contribution in [3.05, 3.63) is 47.8 Å². The summed E-state index contributed by atoms with van der Waals surface area (Å²) < 4.78 is 18.4. The summed E-state index contributed by atoms with van der Waals surface area (Å²) in [6, 6.07) is 6.44. The predicted molar refractivity (Wildman–Crippen MR) is 80.6 cm³/mol. The number of allylic oxidation sites excluding steroid dienone is 2.